The number of benzene rings is 2. The van der Waals surface area contributed by atoms with Gasteiger partial charge in [0.1, 0.15) is 6.54 Å². The fourth-order valence-corrected chi connectivity index (χ4v) is 3.98. The minimum atomic E-state index is -4.71. The normalized spacial score (nSPS) is 13.1. The maximum atomic E-state index is 13.1. The summed E-state index contributed by atoms with van der Waals surface area (Å²) in [4.78, 5) is 12.4. The molecule has 0 aliphatic heterocycles. The lowest BCUT2D eigenvalue weighted by atomic mass is 9.86. The lowest BCUT2D eigenvalue weighted by Crippen LogP contribution is -2.39. The lowest BCUT2D eigenvalue weighted by molar-refractivity contribution is -0.137. The lowest BCUT2D eigenvalue weighted by Gasteiger charge is -2.23. The van der Waals surface area contributed by atoms with Gasteiger partial charge in [0.2, 0.25) is 10.0 Å². The van der Waals surface area contributed by atoms with Gasteiger partial charge in [-0.05, 0) is 41.7 Å². The second kappa shape index (κ2) is 9.72. The van der Waals surface area contributed by atoms with E-state index in [1.807, 2.05) is 24.3 Å². The highest BCUT2D eigenvalue weighted by molar-refractivity contribution is 7.92. The number of nitrogens with zero attached hydrogens (tertiary/aromatic N) is 2. The number of halogens is 4. The van der Waals surface area contributed by atoms with Crippen LogP contribution in [0.3, 0.4) is 0 Å². The number of carbonyl (C=O) groups is 1. The minimum absolute atomic E-state index is 0.0302. The molecule has 2 aromatic carbocycles. The Kier molecular flexibility index (Phi) is 7.86. The molecule has 1 N–H and O–H groups in total. The molecule has 33 heavy (non-hydrogen) atoms. The topological polar surface area (TPSA) is 78.8 Å². The third-order valence-corrected chi connectivity index (χ3v) is 6.19. The molecule has 0 aliphatic carbocycles. The van der Waals surface area contributed by atoms with E-state index >= 15 is 0 Å². The molecule has 2 rings (SSSR count). The van der Waals surface area contributed by atoms with Crippen LogP contribution in [0.5, 0.6) is 0 Å². The van der Waals surface area contributed by atoms with Gasteiger partial charge in [-0.3, -0.25) is 9.10 Å². The van der Waals surface area contributed by atoms with Gasteiger partial charge in [0.15, 0.2) is 0 Å². The smallest absolute Gasteiger partial charge is 0.271 e. The van der Waals surface area contributed by atoms with Gasteiger partial charge in [-0.25, -0.2) is 13.8 Å². The van der Waals surface area contributed by atoms with Gasteiger partial charge < -0.3 is 0 Å². The van der Waals surface area contributed by atoms with E-state index in [1.165, 1.54) is 0 Å². The molecule has 0 fully saturated rings. The van der Waals surface area contributed by atoms with Crippen molar-refractivity contribution < 1.29 is 26.4 Å². The first kappa shape index (κ1) is 26.7. The van der Waals surface area contributed by atoms with Crippen molar-refractivity contribution >= 4 is 38.9 Å². The maximum Gasteiger partial charge on any atom is 0.416 e. The van der Waals surface area contributed by atoms with Crippen molar-refractivity contribution in [1.82, 2.24) is 5.43 Å². The number of sulfonamides is 1. The molecule has 180 valence electrons. The SMILES string of the molecule is C/C(=N/NC(=O)CN(c1cc(C(F)(F)F)ccc1Cl)S(C)(=O)=O)c1ccc(C(C)(C)C)cc1. The zero-order chi connectivity index (χ0) is 25.2. The predicted molar refractivity (Wildman–Crippen MR) is 124 cm³/mol. The van der Waals surface area contributed by atoms with Crippen molar-refractivity contribution in [1.29, 1.82) is 0 Å². The molecule has 0 unspecified atom stereocenters. The summed E-state index contributed by atoms with van der Waals surface area (Å²) in [7, 11) is -4.14. The molecule has 0 bridgehead atoms. The highest BCUT2D eigenvalue weighted by atomic mass is 35.5. The van der Waals surface area contributed by atoms with Crippen LogP contribution >= 0.6 is 11.6 Å². The van der Waals surface area contributed by atoms with E-state index < -0.39 is 39.9 Å². The molecule has 0 spiro atoms. The molecule has 0 aliphatic rings. The van der Waals surface area contributed by atoms with Crippen molar-refractivity contribution in [2.24, 2.45) is 5.10 Å². The molecule has 2 aromatic rings. The van der Waals surface area contributed by atoms with E-state index in [9.17, 15) is 26.4 Å². The van der Waals surface area contributed by atoms with Crippen LogP contribution in [0.4, 0.5) is 18.9 Å². The molecule has 0 radical (unpaired) electrons. The second-order valence-corrected chi connectivity index (χ2v) is 10.8. The van der Waals surface area contributed by atoms with Crippen molar-refractivity contribution in [3.05, 3.63) is 64.2 Å². The number of carbonyl (C=O) groups excluding carboxylic acids is 1. The van der Waals surface area contributed by atoms with E-state index in [-0.39, 0.29) is 10.4 Å². The summed E-state index contributed by atoms with van der Waals surface area (Å²) in [6.07, 6.45) is -3.95. The van der Waals surface area contributed by atoms with Crippen molar-refractivity contribution in [2.45, 2.75) is 39.3 Å². The molecule has 6 nitrogen and oxygen atoms in total. The number of hydrogen-bond acceptors (Lipinski definition) is 4. The number of alkyl halides is 3. The van der Waals surface area contributed by atoms with Gasteiger partial charge in [-0.15, -0.1) is 0 Å². The first-order chi connectivity index (χ1) is 15.0. The zero-order valence-corrected chi connectivity index (χ0v) is 20.4. The average Bonchev–Trinajstić information content (AvgIpc) is 2.68. The van der Waals surface area contributed by atoms with Gasteiger partial charge in [0, 0.05) is 0 Å². The number of hydrogen-bond donors (Lipinski definition) is 1. The van der Waals surface area contributed by atoms with Gasteiger partial charge >= 0.3 is 6.18 Å². The first-order valence-corrected chi connectivity index (χ1v) is 12.0. The number of anilines is 1. The van der Waals surface area contributed by atoms with Crippen LogP contribution in [0, 0.1) is 0 Å². The van der Waals surface area contributed by atoms with Crippen LogP contribution in [0.2, 0.25) is 5.02 Å². The van der Waals surface area contributed by atoms with Gasteiger partial charge in [-0.2, -0.15) is 18.3 Å². The second-order valence-electron chi connectivity index (χ2n) is 8.49. The molecular formula is C22H25ClF3N3O3S. The van der Waals surface area contributed by atoms with E-state index in [0.717, 1.165) is 29.5 Å². The summed E-state index contributed by atoms with van der Waals surface area (Å²) in [5.74, 6) is -0.848. The van der Waals surface area contributed by atoms with Crippen LogP contribution in [-0.4, -0.2) is 32.8 Å². The van der Waals surface area contributed by atoms with Crippen molar-refractivity contribution in [3.63, 3.8) is 0 Å². The van der Waals surface area contributed by atoms with Gasteiger partial charge in [0.05, 0.1) is 28.2 Å². The Balaban J connectivity index is 2.24. The van der Waals surface area contributed by atoms with Crippen LogP contribution in [0.15, 0.2) is 47.6 Å². The van der Waals surface area contributed by atoms with E-state index in [2.05, 4.69) is 31.3 Å². The summed E-state index contributed by atoms with van der Waals surface area (Å²) < 4.78 is 64.2. The average molecular weight is 504 g/mol. The Labute approximate surface area is 196 Å². The molecule has 0 saturated carbocycles. The molecule has 0 saturated heterocycles. The molecule has 0 aromatic heterocycles. The highest BCUT2D eigenvalue weighted by Crippen LogP contribution is 2.36. The highest BCUT2D eigenvalue weighted by Gasteiger charge is 2.33. The summed E-state index contributed by atoms with van der Waals surface area (Å²) in [5, 5.41) is 3.73. The van der Waals surface area contributed by atoms with Crippen molar-refractivity contribution in [2.75, 3.05) is 17.1 Å². The third kappa shape index (κ3) is 7.20. The largest absolute Gasteiger partial charge is 0.416 e. The number of amides is 1. The number of hydrazone groups is 1. The maximum absolute atomic E-state index is 13.1. The van der Waals surface area contributed by atoms with E-state index in [4.69, 9.17) is 11.6 Å². The van der Waals surface area contributed by atoms with Gasteiger partial charge in [0.25, 0.3) is 5.91 Å². The molecule has 0 heterocycles. The Morgan fingerprint density at radius 3 is 2.09 bits per heavy atom. The fraction of sp³-hybridized carbons (Fsp3) is 0.364. The first-order valence-electron chi connectivity index (χ1n) is 9.78. The number of rotatable bonds is 6. The Morgan fingerprint density at radius 2 is 1.61 bits per heavy atom. The molecule has 0 atom stereocenters. The standard InChI is InChI=1S/C22H25ClF3N3O3S/c1-14(15-6-8-16(9-7-15)21(2,3)4)27-28-20(30)13-29(33(5,31)32)19-12-17(22(24,25)26)10-11-18(19)23/h6-12H,13H2,1-5H3,(H,28,30)/b27-14-. The predicted octanol–water partition coefficient (Wildman–Crippen LogP) is 4.96. The monoisotopic (exact) mass is 503 g/mol. The Morgan fingerprint density at radius 1 is 1.06 bits per heavy atom. The summed E-state index contributed by atoms with van der Waals surface area (Å²) in [5.41, 5.74) is 2.98. The van der Waals surface area contributed by atoms with E-state index in [0.29, 0.717) is 16.1 Å². The third-order valence-electron chi connectivity index (χ3n) is 4.75. The Bertz CT molecular complexity index is 1160. The quantitative estimate of drug-likeness (QED) is 0.447. The molecule has 1 amide bonds. The van der Waals surface area contributed by atoms with Crippen LogP contribution in [0.25, 0.3) is 0 Å². The van der Waals surface area contributed by atoms with Crippen molar-refractivity contribution in [3.8, 4) is 0 Å². The summed E-state index contributed by atoms with van der Waals surface area (Å²) in [6.45, 7) is 7.08. The molecule has 11 heteroatoms. The number of nitrogens with one attached hydrogen (secondary N) is 1. The Hall–Kier alpha value is -2.59. The van der Waals surface area contributed by atoms with Crippen LogP contribution in [0.1, 0.15) is 44.4 Å². The fourth-order valence-electron chi connectivity index (χ4n) is 2.85. The van der Waals surface area contributed by atoms with Gasteiger partial charge in [-0.1, -0.05) is 56.6 Å². The van der Waals surface area contributed by atoms with E-state index in [1.54, 1.807) is 6.92 Å². The minimum Gasteiger partial charge on any atom is -0.271 e. The summed E-state index contributed by atoms with van der Waals surface area (Å²) >= 11 is 5.95. The van der Waals surface area contributed by atoms with Crippen LogP contribution < -0.4 is 9.73 Å². The zero-order valence-electron chi connectivity index (χ0n) is 18.8. The summed E-state index contributed by atoms with van der Waals surface area (Å²) in [6, 6.07) is 9.81. The molecular weight excluding hydrogens is 479 g/mol. The van der Waals surface area contributed by atoms with Crippen LogP contribution in [-0.2, 0) is 26.4 Å².